The Bertz CT molecular complexity index is 598. The standard InChI is InChI=1S/C16H24N4O3/c1-11-17-14(18-23-11)8-19-6-12-7-20(13-4-2-3-5-13)10-16(12,9-19)15(21)22/h12-13H,2-10H2,1H3,(H,21,22)/t12-,16-/m1/s1. The molecule has 1 saturated carbocycles. The van der Waals surface area contributed by atoms with Crippen LogP contribution < -0.4 is 0 Å². The van der Waals surface area contributed by atoms with Crippen LogP contribution in [0.2, 0.25) is 0 Å². The Morgan fingerprint density at radius 3 is 2.74 bits per heavy atom. The van der Waals surface area contributed by atoms with Crippen LogP contribution in [0, 0.1) is 18.3 Å². The van der Waals surface area contributed by atoms with E-state index in [4.69, 9.17) is 4.52 Å². The number of aliphatic carboxylic acids is 1. The molecule has 0 amide bonds. The first-order valence-corrected chi connectivity index (χ1v) is 8.56. The van der Waals surface area contributed by atoms with E-state index in [0.717, 1.165) is 13.1 Å². The molecule has 1 N–H and O–H groups in total. The molecule has 2 aliphatic heterocycles. The minimum atomic E-state index is -0.644. The Hall–Kier alpha value is -1.47. The molecule has 126 valence electrons. The van der Waals surface area contributed by atoms with E-state index >= 15 is 0 Å². The Kier molecular flexibility index (Phi) is 3.65. The van der Waals surface area contributed by atoms with Gasteiger partial charge in [-0.25, -0.2) is 0 Å². The Morgan fingerprint density at radius 2 is 2.13 bits per heavy atom. The smallest absolute Gasteiger partial charge is 0.312 e. The summed E-state index contributed by atoms with van der Waals surface area (Å²) in [5.74, 6) is 0.763. The fraction of sp³-hybridized carbons (Fsp3) is 0.812. The summed E-state index contributed by atoms with van der Waals surface area (Å²) in [6.07, 6.45) is 5.03. The van der Waals surface area contributed by atoms with Crippen LogP contribution in [-0.4, -0.2) is 63.2 Å². The average Bonchev–Trinajstić information content (AvgIpc) is 3.21. The maximum atomic E-state index is 12.1. The molecule has 0 bridgehead atoms. The van der Waals surface area contributed by atoms with Crippen LogP contribution in [0.15, 0.2) is 4.52 Å². The molecule has 4 rings (SSSR count). The summed E-state index contributed by atoms with van der Waals surface area (Å²) < 4.78 is 5.01. The van der Waals surface area contributed by atoms with Crippen molar-refractivity contribution in [1.82, 2.24) is 19.9 Å². The monoisotopic (exact) mass is 320 g/mol. The molecule has 1 aromatic rings. The lowest BCUT2D eigenvalue weighted by molar-refractivity contribution is -0.149. The highest BCUT2D eigenvalue weighted by Crippen LogP contribution is 2.45. The first kappa shape index (κ1) is 15.1. The molecule has 1 aromatic heterocycles. The van der Waals surface area contributed by atoms with Gasteiger partial charge in [0.2, 0.25) is 5.89 Å². The van der Waals surface area contributed by atoms with Crippen molar-refractivity contribution in [3.63, 3.8) is 0 Å². The molecule has 0 aromatic carbocycles. The van der Waals surface area contributed by atoms with Crippen LogP contribution >= 0.6 is 0 Å². The van der Waals surface area contributed by atoms with Gasteiger partial charge < -0.3 is 9.63 Å². The summed E-state index contributed by atoms with van der Waals surface area (Å²) in [6, 6.07) is 0.602. The van der Waals surface area contributed by atoms with Crippen molar-refractivity contribution in [2.24, 2.45) is 11.3 Å². The van der Waals surface area contributed by atoms with Gasteiger partial charge in [-0.15, -0.1) is 0 Å². The summed E-state index contributed by atoms with van der Waals surface area (Å²) in [5.41, 5.74) is -0.624. The van der Waals surface area contributed by atoms with Gasteiger partial charge >= 0.3 is 5.97 Å². The zero-order valence-electron chi connectivity index (χ0n) is 13.6. The summed E-state index contributed by atoms with van der Waals surface area (Å²) in [7, 11) is 0. The van der Waals surface area contributed by atoms with E-state index in [1.807, 2.05) is 0 Å². The van der Waals surface area contributed by atoms with E-state index < -0.39 is 11.4 Å². The number of aromatic nitrogens is 2. The number of carbonyl (C=O) groups is 1. The number of carboxylic acid groups (broad SMARTS) is 1. The van der Waals surface area contributed by atoms with Crippen LogP contribution in [0.1, 0.15) is 37.4 Å². The van der Waals surface area contributed by atoms with Gasteiger partial charge in [-0.05, 0) is 12.8 Å². The van der Waals surface area contributed by atoms with E-state index in [-0.39, 0.29) is 5.92 Å². The molecule has 2 saturated heterocycles. The van der Waals surface area contributed by atoms with Gasteiger partial charge in [0, 0.05) is 45.1 Å². The SMILES string of the molecule is Cc1nc(CN2C[C@@H]3CN(C4CCCC4)C[C@]3(C(=O)O)C2)no1. The molecule has 7 heteroatoms. The highest BCUT2D eigenvalue weighted by molar-refractivity contribution is 5.77. The Labute approximate surface area is 135 Å². The number of likely N-dealkylation sites (tertiary alicyclic amines) is 2. The lowest BCUT2D eigenvalue weighted by Crippen LogP contribution is -2.42. The quantitative estimate of drug-likeness (QED) is 0.890. The predicted octanol–water partition coefficient (Wildman–Crippen LogP) is 1.14. The van der Waals surface area contributed by atoms with E-state index in [9.17, 15) is 9.90 Å². The second-order valence-corrected chi connectivity index (χ2v) is 7.43. The van der Waals surface area contributed by atoms with E-state index in [2.05, 4.69) is 19.9 Å². The van der Waals surface area contributed by atoms with Gasteiger partial charge in [0.05, 0.1) is 12.0 Å². The molecule has 2 atom stereocenters. The largest absolute Gasteiger partial charge is 0.481 e. The maximum absolute atomic E-state index is 12.1. The second kappa shape index (κ2) is 5.56. The van der Waals surface area contributed by atoms with Crippen molar-refractivity contribution in [3.8, 4) is 0 Å². The third kappa shape index (κ3) is 2.55. The molecule has 3 aliphatic rings. The van der Waals surface area contributed by atoms with Gasteiger partial charge in [-0.3, -0.25) is 14.6 Å². The minimum absolute atomic E-state index is 0.202. The number of fused-ring (bicyclic) bond motifs is 1. The lowest BCUT2D eigenvalue weighted by atomic mass is 9.81. The first-order chi connectivity index (χ1) is 11.1. The maximum Gasteiger partial charge on any atom is 0.312 e. The number of aryl methyl sites for hydroxylation is 1. The molecule has 0 spiro atoms. The highest BCUT2D eigenvalue weighted by Gasteiger charge is 2.58. The van der Waals surface area contributed by atoms with E-state index in [1.54, 1.807) is 6.92 Å². The van der Waals surface area contributed by atoms with Crippen molar-refractivity contribution in [1.29, 1.82) is 0 Å². The predicted molar refractivity (Wildman–Crippen MR) is 81.7 cm³/mol. The zero-order valence-corrected chi connectivity index (χ0v) is 13.6. The Morgan fingerprint density at radius 1 is 1.35 bits per heavy atom. The molecule has 3 fully saturated rings. The molecular weight excluding hydrogens is 296 g/mol. The normalized spacial score (nSPS) is 32.7. The molecule has 0 unspecified atom stereocenters. The summed E-state index contributed by atoms with van der Waals surface area (Å²) in [6.45, 7) is 5.35. The minimum Gasteiger partial charge on any atom is -0.481 e. The first-order valence-electron chi connectivity index (χ1n) is 8.56. The number of nitrogens with zero attached hydrogens (tertiary/aromatic N) is 4. The molecule has 7 nitrogen and oxygen atoms in total. The van der Waals surface area contributed by atoms with Crippen molar-refractivity contribution >= 4 is 5.97 Å². The molecular formula is C16H24N4O3. The second-order valence-electron chi connectivity index (χ2n) is 7.43. The van der Waals surface area contributed by atoms with Crippen molar-refractivity contribution in [2.75, 3.05) is 26.2 Å². The topological polar surface area (TPSA) is 82.7 Å². The van der Waals surface area contributed by atoms with Gasteiger partial charge in [0.15, 0.2) is 5.82 Å². The Balaban J connectivity index is 1.47. The van der Waals surface area contributed by atoms with Crippen LogP contribution in [0.5, 0.6) is 0 Å². The summed E-state index contributed by atoms with van der Waals surface area (Å²) in [4.78, 5) is 20.9. The average molecular weight is 320 g/mol. The number of carboxylic acids is 1. The highest BCUT2D eigenvalue weighted by atomic mass is 16.5. The van der Waals surface area contributed by atoms with Crippen molar-refractivity contribution in [2.45, 2.75) is 45.2 Å². The zero-order chi connectivity index (χ0) is 16.0. The molecule has 0 radical (unpaired) electrons. The summed E-state index contributed by atoms with van der Waals surface area (Å²) >= 11 is 0. The van der Waals surface area contributed by atoms with Gasteiger partial charge in [0.25, 0.3) is 0 Å². The fourth-order valence-electron chi connectivity index (χ4n) is 4.78. The molecule has 3 heterocycles. The molecule has 1 aliphatic carbocycles. The molecule has 23 heavy (non-hydrogen) atoms. The van der Waals surface area contributed by atoms with Gasteiger partial charge in [0.1, 0.15) is 0 Å². The third-order valence-electron chi connectivity index (χ3n) is 5.91. The summed E-state index contributed by atoms with van der Waals surface area (Å²) in [5, 5.41) is 13.9. The van der Waals surface area contributed by atoms with Crippen molar-refractivity contribution < 1.29 is 14.4 Å². The fourth-order valence-corrected chi connectivity index (χ4v) is 4.78. The lowest BCUT2D eigenvalue weighted by Gasteiger charge is -2.28. The van der Waals surface area contributed by atoms with Crippen molar-refractivity contribution in [3.05, 3.63) is 11.7 Å². The number of rotatable bonds is 4. The van der Waals surface area contributed by atoms with Gasteiger partial charge in [-0.2, -0.15) is 4.98 Å². The third-order valence-corrected chi connectivity index (χ3v) is 5.91. The number of hydrogen-bond donors (Lipinski definition) is 1. The number of hydrogen-bond acceptors (Lipinski definition) is 6. The van der Waals surface area contributed by atoms with Gasteiger partial charge in [-0.1, -0.05) is 18.0 Å². The van der Waals surface area contributed by atoms with Crippen LogP contribution in [0.3, 0.4) is 0 Å². The van der Waals surface area contributed by atoms with Crippen LogP contribution in [0.4, 0.5) is 0 Å². The van der Waals surface area contributed by atoms with Crippen LogP contribution in [-0.2, 0) is 11.3 Å². The van der Waals surface area contributed by atoms with E-state index in [1.165, 1.54) is 25.7 Å². The van der Waals surface area contributed by atoms with E-state index in [0.29, 0.717) is 37.4 Å². The van der Waals surface area contributed by atoms with Crippen LogP contribution in [0.25, 0.3) is 0 Å².